The molecule has 3 rings (SSSR count). The maximum atomic E-state index is 13.2. The van der Waals surface area contributed by atoms with Gasteiger partial charge in [-0.2, -0.15) is 0 Å². The number of hydrogen-bond donors (Lipinski definition) is 1. The van der Waals surface area contributed by atoms with Crippen LogP contribution in [0.4, 0.5) is 0 Å². The highest BCUT2D eigenvalue weighted by Crippen LogP contribution is 2.30. The van der Waals surface area contributed by atoms with Crippen LogP contribution in [-0.2, 0) is 21.2 Å². The van der Waals surface area contributed by atoms with Gasteiger partial charge in [0, 0.05) is 28.7 Å². The lowest BCUT2D eigenvalue weighted by Crippen LogP contribution is -2.31. The first-order chi connectivity index (χ1) is 14.9. The van der Waals surface area contributed by atoms with Gasteiger partial charge in [0.2, 0.25) is 15.7 Å². The number of benzene rings is 2. The highest BCUT2D eigenvalue weighted by atomic mass is 35.5. The van der Waals surface area contributed by atoms with E-state index in [1.807, 2.05) is 12.1 Å². The van der Waals surface area contributed by atoms with E-state index in [4.69, 9.17) is 11.6 Å². The van der Waals surface area contributed by atoms with Crippen molar-refractivity contribution >= 4 is 38.2 Å². The molecule has 1 N–H and O–H groups in total. The van der Waals surface area contributed by atoms with E-state index in [-0.39, 0.29) is 22.2 Å². The van der Waals surface area contributed by atoms with Crippen molar-refractivity contribution < 1.29 is 13.2 Å². The number of halogens is 1. The first kappa shape index (κ1) is 23.3. The van der Waals surface area contributed by atoms with E-state index in [1.165, 1.54) is 12.1 Å². The van der Waals surface area contributed by atoms with Gasteiger partial charge in [-0.3, -0.25) is 4.79 Å². The van der Waals surface area contributed by atoms with Gasteiger partial charge in [0.1, 0.15) is 6.54 Å². The van der Waals surface area contributed by atoms with E-state index in [0.717, 1.165) is 26.1 Å². The summed E-state index contributed by atoms with van der Waals surface area (Å²) in [6.45, 7) is 7.80. The molecule has 0 aliphatic carbocycles. The number of amides is 1. The molecule has 0 saturated carbocycles. The molecule has 6 nitrogen and oxygen atoms in total. The lowest BCUT2D eigenvalue weighted by molar-refractivity contribution is -0.121. The predicted octanol–water partition coefficient (Wildman–Crippen LogP) is 3.98. The average Bonchev–Trinajstić information content (AvgIpc) is 3.13. The number of nitrogens with zero attached hydrogens (tertiary/aromatic N) is 2. The Labute approximate surface area is 188 Å². The molecule has 8 heteroatoms. The summed E-state index contributed by atoms with van der Waals surface area (Å²) in [6, 6.07) is 13.3. The fourth-order valence-electron chi connectivity index (χ4n) is 3.58. The van der Waals surface area contributed by atoms with Crippen LogP contribution in [0.25, 0.3) is 10.9 Å². The van der Waals surface area contributed by atoms with Crippen molar-refractivity contribution in [3.8, 4) is 0 Å². The molecule has 0 atom stereocenters. The molecule has 166 valence electrons. The van der Waals surface area contributed by atoms with Crippen molar-refractivity contribution in [2.24, 2.45) is 0 Å². The molecule has 2 aromatic carbocycles. The topological polar surface area (TPSA) is 71.4 Å². The monoisotopic (exact) mass is 461 g/mol. The molecule has 0 fully saturated rings. The molecular weight excluding hydrogens is 434 g/mol. The average molecular weight is 462 g/mol. The second kappa shape index (κ2) is 10.3. The molecule has 1 heterocycles. The second-order valence-electron chi connectivity index (χ2n) is 7.33. The maximum absolute atomic E-state index is 13.2. The van der Waals surface area contributed by atoms with Crippen molar-refractivity contribution in [3.05, 3.63) is 59.8 Å². The largest absolute Gasteiger partial charge is 0.355 e. The van der Waals surface area contributed by atoms with Crippen LogP contribution in [0.2, 0.25) is 5.02 Å². The van der Waals surface area contributed by atoms with E-state index < -0.39 is 9.84 Å². The Morgan fingerprint density at radius 1 is 1.06 bits per heavy atom. The van der Waals surface area contributed by atoms with Crippen LogP contribution in [0, 0.1) is 0 Å². The van der Waals surface area contributed by atoms with E-state index >= 15 is 0 Å². The number of aromatic nitrogens is 1. The molecule has 0 aliphatic rings. The van der Waals surface area contributed by atoms with Gasteiger partial charge in [-0.1, -0.05) is 43.6 Å². The third kappa shape index (κ3) is 5.47. The summed E-state index contributed by atoms with van der Waals surface area (Å²) in [7, 11) is -3.75. The fourth-order valence-corrected chi connectivity index (χ4v) is 5.18. The minimum atomic E-state index is -3.75. The minimum Gasteiger partial charge on any atom is -0.355 e. The molecule has 1 aromatic heterocycles. The zero-order valence-corrected chi connectivity index (χ0v) is 19.4. The zero-order chi connectivity index (χ0) is 22.4. The number of carbonyl (C=O) groups is 1. The van der Waals surface area contributed by atoms with Crippen LogP contribution >= 0.6 is 11.6 Å². The summed E-state index contributed by atoms with van der Waals surface area (Å²) in [5.74, 6) is -0.143. The standard InChI is InChI=1S/C23H28ClN3O3S/c1-3-26(4-2)15-7-14-25-23(28)17-27-16-22(20-8-5-6-9-21(20)27)31(29,30)19-12-10-18(24)11-13-19/h5-6,8-13,16H,3-4,7,14-15,17H2,1-2H3,(H,25,28). The van der Waals surface area contributed by atoms with Crippen LogP contribution in [0.1, 0.15) is 20.3 Å². The molecule has 3 aromatic rings. The summed E-state index contributed by atoms with van der Waals surface area (Å²) in [4.78, 5) is 15.1. The van der Waals surface area contributed by atoms with Crippen molar-refractivity contribution in [1.29, 1.82) is 0 Å². The van der Waals surface area contributed by atoms with E-state index in [2.05, 4.69) is 24.1 Å². The summed E-state index contributed by atoms with van der Waals surface area (Å²) in [5, 5.41) is 4.00. The quantitative estimate of drug-likeness (QED) is 0.463. The lowest BCUT2D eigenvalue weighted by Gasteiger charge is -2.17. The van der Waals surface area contributed by atoms with Crippen LogP contribution in [0.5, 0.6) is 0 Å². The smallest absolute Gasteiger partial charge is 0.239 e. The van der Waals surface area contributed by atoms with Gasteiger partial charge >= 0.3 is 0 Å². The molecular formula is C23H28ClN3O3S. The second-order valence-corrected chi connectivity index (χ2v) is 9.68. The lowest BCUT2D eigenvalue weighted by atomic mass is 10.2. The van der Waals surface area contributed by atoms with Crippen LogP contribution < -0.4 is 5.32 Å². The van der Waals surface area contributed by atoms with Gasteiger partial charge in [0.05, 0.1) is 9.79 Å². The minimum absolute atomic E-state index is 0.0575. The Morgan fingerprint density at radius 2 is 1.74 bits per heavy atom. The van der Waals surface area contributed by atoms with Gasteiger partial charge in [-0.15, -0.1) is 0 Å². The first-order valence-corrected chi connectivity index (χ1v) is 12.3. The highest BCUT2D eigenvalue weighted by Gasteiger charge is 2.23. The first-order valence-electron chi connectivity index (χ1n) is 10.4. The molecule has 0 radical (unpaired) electrons. The van der Waals surface area contributed by atoms with Crippen LogP contribution in [0.15, 0.2) is 64.5 Å². The van der Waals surface area contributed by atoms with Crippen molar-refractivity contribution in [1.82, 2.24) is 14.8 Å². The van der Waals surface area contributed by atoms with Crippen molar-refractivity contribution in [2.75, 3.05) is 26.2 Å². The molecule has 0 saturated heterocycles. The molecule has 1 amide bonds. The third-order valence-electron chi connectivity index (χ3n) is 5.35. The van der Waals surface area contributed by atoms with Gasteiger partial charge in [0.25, 0.3) is 0 Å². The highest BCUT2D eigenvalue weighted by molar-refractivity contribution is 7.91. The number of para-hydroxylation sites is 1. The summed E-state index contributed by atoms with van der Waals surface area (Å²) >= 11 is 5.90. The van der Waals surface area contributed by atoms with E-state index in [9.17, 15) is 13.2 Å². The van der Waals surface area contributed by atoms with E-state index in [0.29, 0.717) is 22.5 Å². The molecule has 0 bridgehead atoms. The number of fused-ring (bicyclic) bond motifs is 1. The normalized spacial score (nSPS) is 11.9. The fraction of sp³-hybridized carbons (Fsp3) is 0.348. The van der Waals surface area contributed by atoms with Crippen LogP contribution in [0.3, 0.4) is 0 Å². The van der Waals surface area contributed by atoms with Crippen LogP contribution in [-0.4, -0.2) is 50.0 Å². The number of nitrogens with one attached hydrogen (secondary N) is 1. The van der Waals surface area contributed by atoms with Gasteiger partial charge in [-0.05, 0) is 56.4 Å². The third-order valence-corrected chi connectivity index (χ3v) is 7.40. The van der Waals surface area contributed by atoms with Crippen molar-refractivity contribution in [2.45, 2.75) is 36.6 Å². The summed E-state index contributed by atoms with van der Waals surface area (Å²) in [5.41, 5.74) is 0.702. The van der Waals surface area contributed by atoms with Gasteiger partial charge in [-0.25, -0.2) is 8.42 Å². The molecule has 0 unspecified atom stereocenters. The Kier molecular flexibility index (Phi) is 7.75. The van der Waals surface area contributed by atoms with Gasteiger partial charge < -0.3 is 14.8 Å². The number of rotatable bonds is 10. The van der Waals surface area contributed by atoms with Crippen molar-refractivity contribution in [3.63, 3.8) is 0 Å². The Bertz CT molecular complexity index is 1140. The number of carbonyl (C=O) groups excluding carboxylic acids is 1. The SMILES string of the molecule is CCN(CC)CCCNC(=O)Cn1cc(S(=O)(=O)c2ccc(Cl)cc2)c2ccccc21. The number of sulfone groups is 1. The molecule has 0 aliphatic heterocycles. The molecule has 31 heavy (non-hydrogen) atoms. The summed E-state index contributed by atoms with van der Waals surface area (Å²) < 4.78 is 28.1. The predicted molar refractivity (Wildman–Crippen MR) is 124 cm³/mol. The number of hydrogen-bond acceptors (Lipinski definition) is 4. The molecule has 0 spiro atoms. The van der Waals surface area contributed by atoms with Gasteiger partial charge in [0.15, 0.2) is 0 Å². The Morgan fingerprint density at radius 3 is 2.42 bits per heavy atom. The van der Waals surface area contributed by atoms with E-state index in [1.54, 1.807) is 35.0 Å². The Hall–Kier alpha value is -2.35. The summed E-state index contributed by atoms with van der Waals surface area (Å²) in [6.07, 6.45) is 2.42. The zero-order valence-electron chi connectivity index (χ0n) is 17.8. The maximum Gasteiger partial charge on any atom is 0.239 e. The Balaban J connectivity index is 1.78.